The molecule has 9 heteroatoms. The van der Waals surface area contributed by atoms with E-state index in [2.05, 4.69) is 5.32 Å². The molecule has 1 unspecified atom stereocenters. The molecule has 0 fully saturated rings. The molecule has 0 aliphatic carbocycles. The van der Waals surface area contributed by atoms with Crippen LogP contribution in [0.15, 0.2) is 72.8 Å². The fourth-order valence-electron chi connectivity index (χ4n) is 3.61. The van der Waals surface area contributed by atoms with Gasteiger partial charge >= 0.3 is 11.9 Å². The zero-order valence-corrected chi connectivity index (χ0v) is 18.0. The van der Waals surface area contributed by atoms with Gasteiger partial charge in [-0.15, -0.1) is 0 Å². The van der Waals surface area contributed by atoms with Gasteiger partial charge in [-0.05, 0) is 24.5 Å². The number of primary amides is 1. The Bertz CT molecular complexity index is 1070. The highest BCUT2D eigenvalue weighted by molar-refractivity contribution is 5.97. The van der Waals surface area contributed by atoms with Crippen molar-refractivity contribution in [2.24, 2.45) is 11.5 Å². The van der Waals surface area contributed by atoms with Crippen molar-refractivity contribution in [3.8, 4) is 0 Å². The maximum absolute atomic E-state index is 13.5. The molecule has 2 aromatic rings. The molecule has 33 heavy (non-hydrogen) atoms. The first kappa shape index (κ1) is 23.7. The van der Waals surface area contributed by atoms with E-state index in [0.29, 0.717) is 6.42 Å². The molecule has 0 saturated carbocycles. The van der Waals surface area contributed by atoms with Crippen LogP contribution in [0.4, 0.5) is 0 Å². The van der Waals surface area contributed by atoms with E-state index in [1.165, 1.54) is 0 Å². The normalized spacial score (nSPS) is 23.2. The zero-order chi connectivity index (χ0) is 24.1. The van der Waals surface area contributed by atoms with E-state index in [1.807, 2.05) is 60.7 Å². The number of carbonyl (C=O) groups is 4. The van der Waals surface area contributed by atoms with E-state index in [9.17, 15) is 19.2 Å². The van der Waals surface area contributed by atoms with Gasteiger partial charge < -0.3 is 20.5 Å². The number of amides is 2. The van der Waals surface area contributed by atoms with Gasteiger partial charge in [0.1, 0.15) is 0 Å². The van der Waals surface area contributed by atoms with Crippen molar-refractivity contribution in [3.63, 3.8) is 0 Å². The predicted molar refractivity (Wildman–Crippen MR) is 118 cm³/mol. The number of ether oxygens (including phenoxy) is 2. The number of nitrogens with two attached hydrogens (primary N) is 2. The average molecular weight is 451 g/mol. The molecule has 2 aromatic carbocycles. The summed E-state index contributed by atoms with van der Waals surface area (Å²) in [4.78, 5) is 49.3. The van der Waals surface area contributed by atoms with Gasteiger partial charge in [0.2, 0.25) is 5.91 Å². The van der Waals surface area contributed by atoms with Gasteiger partial charge in [0.05, 0.1) is 12.0 Å². The Kier molecular flexibility index (Phi) is 6.93. The molecule has 5 N–H and O–H groups in total. The second-order valence-corrected chi connectivity index (χ2v) is 7.96. The Balaban J connectivity index is 2.00. The van der Waals surface area contributed by atoms with E-state index in [-0.39, 0.29) is 0 Å². The first-order chi connectivity index (χ1) is 15.6. The largest absolute Gasteiger partial charge is 0.452 e. The summed E-state index contributed by atoms with van der Waals surface area (Å²) >= 11 is 0. The molecule has 1 aliphatic heterocycles. The van der Waals surface area contributed by atoms with Crippen molar-refractivity contribution in [2.75, 3.05) is 0 Å². The van der Waals surface area contributed by atoms with Gasteiger partial charge in [-0.2, -0.15) is 0 Å². The topological polar surface area (TPSA) is 151 Å². The molecule has 9 nitrogen and oxygen atoms in total. The fourth-order valence-corrected chi connectivity index (χ4v) is 3.61. The second kappa shape index (κ2) is 9.66. The van der Waals surface area contributed by atoms with Gasteiger partial charge in [-0.3, -0.25) is 15.3 Å². The highest BCUT2D eigenvalue weighted by atomic mass is 16.6. The van der Waals surface area contributed by atoms with Crippen molar-refractivity contribution in [3.05, 3.63) is 83.9 Å². The van der Waals surface area contributed by atoms with Crippen LogP contribution < -0.4 is 16.8 Å². The van der Waals surface area contributed by atoms with E-state index in [0.717, 1.165) is 23.3 Å². The summed E-state index contributed by atoms with van der Waals surface area (Å²) in [6, 6.07) is 18.6. The predicted octanol–water partition coefficient (Wildman–Crippen LogP) is 0.816. The summed E-state index contributed by atoms with van der Waals surface area (Å²) in [7, 11) is 0. The van der Waals surface area contributed by atoms with Crippen molar-refractivity contribution in [1.29, 1.82) is 0 Å². The Labute approximate surface area is 190 Å². The molecular formula is C24H25N3O6. The van der Waals surface area contributed by atoms with E-state index < -0.39 is 47.5 Å². The highest BCUT2D eigenvalue weighted by Gasteiger charge is 2.51. The Morgan fingerprint density at radius 3 is 2.18 bits per heavy atom. The lowest BCUT2D eigenvalue weighted by molar-refractivity contribution is -0.189. The highest BCUT2D eigenvalue weighted by Crippen LogP contribution is 2.28. The molecule has 0 spiro atoms. The number of esters is 2. The average Bonchev–Trinajstić information content (AvgIpc) is 2.77. The van der Waals surface area contributed by atoms with Crippen LogP contribution in [-0.4, -0.2) is 35.6 Å². The Morgan fingerprint density at radius 2 is 1.58 bits per heavy atom. The monoisotopic (exact) mass is 451 g/mol. The lowest BCUT2D eigenvalue weighted by Gasteiger charge is -2.39. The van der Waals surface area contributed by atoms with Gasteiger partial charge in [-0.25, -0.2) is 9.59 Å². The number of rotatable bonds is 7. The van der Waals surface area contributed by atoms with Crippen LogP contribution in [0.25, 0.3) is 0 Å². The van der Waals surface area contributed by atoms with Crippen LogP contribution in [0.5, 0.6) is 0 Å². The first-order valence-electron chi connectivity index (χ1n) is 10.2. The minimum atomic E-state index is -2.50. The van der Waals surface area contributed by atoms with Crippen LogP contribution in [0.1, 0.15) is 24.5 Å². The third-order valence-electron chi connectivity index (χ3n) is 5.30. The number of hydrogen-bond donors (Lipinski definition) is 3. The lowest BCUT2D eigenvalue weighted by Crippen LogP contribution is -2.68. The summed E-state index contributed by atoms with van der Waals surface area (Å²) in [5.41, 5.74) is 9.66. The summed E-state index contributed by atoms with van der Waals surface area (Å²) in [6.45, 7) is 1.79. The van der Waals surface area contributed by atoms with Gasteiger partial charge in [0.25, 0.3) is 11.6 Å². The molecule has 0 aromatic heterocycles. The number of nitrogens with one attached hydrogen (secondary N) is 1. The molecule has 1 aliphatic rings. The number of benzene rings is 2. The standard InChI is InChI=1S/C24H25N3O6/c1-23(17-10-6-3-7-11-17,15-16-8-4-2-5-9-16)27-22(31)24(26)18(14-19(25)28)32-20(29)12-13-21(30)33-24/h2-13,18H,14-15,26H2,1H3,(H2,25,28)(H,27,31)/b13-12-/t18?,23-,24-/m0/s1. The van der Waals surface area contributed by atoms with Crippen molar-refractivity contribution in [2.45, 2.75) is 37.1 Å². The molecule has 0 saturated heterocycles. The van der Waals surface area contributed by atoms with Crippen molar-refractivity contribution in [1.82, 2.24) is 5.32 Å². The number of carbonyl (C=O) groups excluding carboxylic acids is 4. The quantitative estimate of drug-likeness (QED) is 0.527. The smallest absolute Gasteiger partial charge is 0.333 e. The van der Waals surface area contributed by atoms with E-state index in [4.69, 9.17) is 20.9 Å². The minimum Gasteiger partial charge on any atom is -0.452 e. The molecule has 3 atom stereocenters. The maximum Gasteiger partial charge on any atom is 0.333 e. The third-order valence-corrected chi connectivity index (χ3v) is 5.30. The second-order valence-electron chi connectivity index (χ2n) is 7.96. The number of cyclic esters (lactones) is 2. The minimum absolute atomic E-state index is 0.369. The molecule has 0 bridgehead atoms. The van der Waals surface area contributed by atoms with Crippen molar-refractivity contribution >= 4 is 23.8 Å². The summed E-state index contributed by atoms with van der Waals surface area (Å²) < 4.78 is 10.3. The van der Waals surface area contributed by atoms with E-state index in [1.54, 1.807) is 6.92 Å². The van der Waals surface area contributed by atoms with Crippen LogP contribution in [0.2, 0.25) is 0 Å². The van der Waals surface area contributed by atoms with Crippen LogP contribution in [0.3, 0.4) is 0 Å². The van der Waals surface area contributed by atoms with Gasteiger partial charge in [0.15, 0.2) is 6.10 Å². The molecular weight excluding hydrogens is 426 g/mol. The number of hydrogen-bond acceptors (Lipinski definition) is 7. The third kappa shape index (κ3) is 5.64. The molecule has 2 amide bonds. The Hall–Kier alpha value is -3.98. The molecule has 172 valence electrons. The zero-order valence-electron chi connectivity index (χ0n) is 18.0. The Morgan fingerprint density at radius 1 is 1.00 bits per heavy atom. The first-order valence-corrected chi connectivity index (χ1v) is 10.2. The maximum atomic E-state index is 13.5. The van der Waals surface area contributed by atoms with Crippen LogP contribution >= 0.6 is 0 Å². The lowest BCUT2D eigenvalue weighted by atomic mass is 9.84. The SMILES string of the molecule is C[C@@](Cc1ccccc1)(NC(=O)[C@@]1(N)OC(=O)/C=C\C(=O)OC1CC(N)=O)c1ccccc1. The summed E-state index contributed by atoms with van der Waals surface area (Å²) in [5, 5.41) is 2.85. The van der Waals surface area contributed by atoms with Crippen LogP contribution in [-0.2, 0) is 40.6 Å². The molecule has 1 heterocycles. The molecule has 0 radical (unpaired) electrons. The van der Waals surface area contributed by atoms with E-state index >= 15 is 0 Å². The fraction of sp³-hybridized carbons (Fsp3) is 0.250. The summed E-state index contributed by atoms with van der Waals surface area (Å²) in [6.07, 6.45) is -0.283. The van der Waals surface area contributed by atoms with Gasteiger partial charge in [-0.1, -0.05) is 60.7 Å². The van der Waals surface area contributed by atoms with Crippen molar-refractivity contribution < 1.29 is 28.7 Å². The van der Waals surface area contributed by atoms with Gasteiger partial charge in [0, 0.05) is 12.2 Å². The molecule has 3 rings (SSSR count). The van der Waals surface area contributed by atoms with Crippen LogP contribution in [0, 0.1) is 0 Å². The summed E-state index contributed by atoms with van der Waals surface area (Å²) in [5.74, 6) is -3.85.